The fourth-order valence-electron chi connectivity index (χ4n) is 3.55. The number of hydrogen-bond donors (Lipinski definition) is 3. The number of nitrogens with zero attached hydrogens (tertiary/aromatic N) is 4. The van der Waals surface area contributed by atoms with Crippen LogP contribution in [0.25, 0.3) is 11.2 Å². The van der Waals surface area contributed by atoms with Crippen molar-refractivity contribution >= 4 is 40.0 Å². The average Bonchev–Trinajstić information content (AvgIpc) is 3.24. The number of anilines is 5. The van der Waals surface area contributed by atoms with Crippen molar-refractivity contribution in [3.05, 3.63) is 60.4 Å². The van der Waals surface area contributed by atoms with Crippen LogP contribution in [-0.4, -0.2) is 46.2 Å². The van der Waals surface area contributed by atoms with Crippen LogP contribution in [0.15, 0.2) is 54.9 Å². The Labute approximate surface area is 174 Å². The van der Waals surface area contributed by atoms with Gasteiger partial charge < -0.3 is 25.3 Å². The van der Waals surface area contributed by atoms with Crippen molar-refractivity contribution in [1.29, 1.82) is 0 Å². The second-order valence-corrected chi connectivity index (χ2v) is 7.26. The maximum Gasteiger partial charge on any atom is 0.231 e. The van der Waals surface area contributed by atoms with E-state index in [1.807, 2.05) is 24.3 Å². The van der Waals surface area contributed by atoms with Gasteiger partial charge in [-0.2, -0.15) is 9.97 Å². The van der Waals surface area contributed by atoms with Crippen molar-refractivity contribution in [2.45, 2.75) is 6.92 Å². The van der Waals surface area contributed by atoms with Crippen LogP contribution in [-0.2, 0) is 4.74 Å². The Balaban J connectivity index is 1.39. The third kappa shape index (κ3) is 3.90. The molecule has 8 nitrogen and oxygen atoms in total. The smallest absolute Gasteiger partial charge is 0.231 e. The van der Waals surface area contributed by atoms with Gasteiger partial charge in [0.25, 0.3) is 0 Å². The molecule has 0 amide bonds. The molecule has 0 bridgehead atoms. The molecule has 3 N–H and O–H groups in total. The van der Waals surface area contributed by atoms with Crippen molar-refractivity contribution in [1.82, 2.24) is 19.9 Å². The number of fused-ring (bicyclic) bond motifs is 1. The molecular weight excluding hydrogens is 378 g/mol. The first-order valence-corrected chi connectivity index (χ1v) is 9.99. The summed E-state index contributed by atoms with van der Waals surface area (Å²) in [6.07, 6.45) is 1.63. The van der Waals surface area contributed by atoms with E-state index in [1.54, 1.807) is 6.33 Å². The number of aromatic amines is 1. The van der Waals surface area contributed by atoms with E-state index in [4.69, 9.17) is 4.74 Å². The number of morpholine rings is 1. The molecule has 2 aromatic heterocycles. The van der Waals surface area contributed by atoms with Crippen LogP contribution in [0.4, 0.5) is 28.8 Å². The predicted octanol–water partition coefficient (Wildman–Crippen LogP) is 3.99. The van der Waals surface area contributed by atoms with Crippen LogP contribution in [0, 0.1) is 6.92 Å². The molecule has 0 unspecified atom stereocenters. The normalized spacial score (nSPS) is 14.1. The summed E-state index contributed by atoms with van der Waals surface area (Å²) in [5.41, 5.74) is 5.62. The molecular formula is C22H23N7O. The Hall–Kier alpha value is -3.65. The fourth-order valence-corrected chi connectivity index (χ4v) is 3.55. The predicted molar refractivity (Wildman–Crippen MR) is 119 cm³/mol. The molecule has 1 fully saturated rings. The number of nitrogens with one attached hydrogen (secondary N) is 3. The molecule has 0 spiro atoms. The standard InChI is InChI=1S/C22H23N7O/c1-15-3-2-4-17(13-15)25-21-19-20(24-14-23-19)27-22(28-21)26-16-5-7-18(8-6-16)29-9-11-30-12-10-29/h2-8,13-14H,9-12H2,1H3,(H3,23,24,25,26,27,28). The maximum absolute atomic E-state index is 5.43. The number of rotatable bonds is 5. The summed E-state index contributed by atoms with van der Waals surface area (Å²) in [5, 5.41) is 6.67. The largest absolute Gasteiger partial charge is 0.378 e. The van der Waals surface area contributed by atoms with Gasteiger partial charge in [-0.3, -0.25) is 0 Å². The number of ether oxygens (including phenoxy) is 1. The van der Waals surface area contributed by atoms with E-state index in [-0.39, 0.29) is 0 Å². The van der Waals surface area contributed by atoms with Gasteiger partial charge in [0.1, 0.15) is 5.52 Å². The molecule has 0 radical (unpaired) electrons. The minimum absolute atomic E-state index is 0.490. The Morgan fingerprint density at radius 3 is 2.60 bits per heavy atom. The molecule has 0 saturated carbocycles. The second-order valence-electron chi connectivity index (χ2n) is 7.26. The van der Waals surface area contributed by atoms with Crippen molar-refractivity contribution in [3.63, 3.8) is 0 Å². The number of benzene rings is 2. The highest BCUT2D eigenvalue weighted by atomic mass is 16.5. The number of H-pyrrole nitrogens is 1. The Morgan fingerprint density at radius 1 is 0.967 bits per heavy atom. The van der Waals surface area contributed by atoms with Gasteiger partial charge in [0.15, 0.2) is 11.5 Å². The SMILES string of the molecule is Cc1cccc(Nc2nc(Nc3ccc(N4CCOCC4)cc3)nc3nc[nH]c23)c1. The van der Waals surface area contributed by atoms with Gasteiger partial charge in [-0.25, -0.2) is 4.98 Å². The Morgan fingerprint density at radius 2 is 1.80 bits per heavy atom. The van der Waals surface area contributed by atoms with Crippen molar-refractivity contribution in [2.75, 3.05) is 41.8 Å². The number of hydrogen-bond acceptors (Lipinski definition) is 7. The van der Waals surface area contributed by atoms with Crippen LogP contribution in [0.5, 0.6) is 0 Å². The van der Waals surface area contributed by atoms with E-state index >= 15 is 0 Å². The van der Waals surface area contributed by atoms with Crippen LogP contribution in [0.2, 0.25) is 0 Å². The lowest BCUT2D eigenvalue weighted by Gasteiger charge is -2.28. The van der Waals surface area contributed by atoms with Crippen molar-refractivity contribution < 1.29 is 4.74 Å². The van der Waals surface area contributed by atoms with Crippen molar-refractivity contribution in [3.8, 4) is 0 Å². The summed E-state index contributed by atoms with van der Waals surface area (Å²) in [4.78, 5) is 19.0. The van der Waals surface area contributed by atoms with Gasteiger partial charge in [0.05, 0.1) is 19.5 Å². The van der Waals surface area contributed by atoms with Crippen LogP contribution in [0.1, 0.15) is 5.56 Å². The lowest BCUT2D eigenvalue weighted by Crippen LogP contribution is -2.36. The third-order valence-corrected chi connectivity index (χ3v) is 5.07. The monoisotopic (exact) mass is 401 g/mol. The van der Waals surface area contributed by atoms with Gasteiger partial charge >= 0.3 is 0 Å². The molecule has 0 aliphatic carbocycles. The summed E-state index contributed by atoms with van der Waals surface area (Å²) in [6, 6.07) is 16.4. The lowest BCUT2D eigenvalue weighted by atomic mass is 10.2. The summed E-state index contributed by atoms with van der Waals surface area (Å²) in [6.45, 7) is 5.44. The maximum atomic E-state index is 5.43. The first-order chi connectivity index (χ1) is 14.7. The summed E-state index contributed by atoms with van der Waals surface area (Å²) in [5.74, 6) is 1.17. The van der Waals surface area contributed by atoms with E-state index in [9.17, 15) is 0 Å². The second kappa shape index (κ2) is 8.00. The first kappa shape index (κ1) is 18.4. The van der Waals surface area contributed by atoms with E-state index in [0.717, 1.165) is 43.2 Å². The molecule has 0 atom stereocenters. The van der Waals surface area contributed by atoms with Gasteiger partial charge in [0, 0.05) is 30.2 Å². The molecule has 4 aromatic rings. The molecule has 30 heavy (non-hydrogen) atoms. The highest BCUT2D eigenvalue weighted by molar-refractivity contribution is 5.86. The van der Waals surface area contributed by atoms with Crippen LogP contribution >= 0.6 is 0 Å². The highest BCUT2D eigenvalue weighted by Gasteiger charge is 2.13. The molecule has 152 valence electrons. The van der Waals surface area contributed by atoms with E-state index in [1.165, 1.54) is 11.3 Å². The first-order valence-electron chi connectivity index (χ1n) is 9.99. The summed E-state index contributed by atoms with van der Waals surface area (Å²) < 4.78 is 5.43. The average molecular weight is 401 g/mol. The summed E-state index contributed by atoms with van der Waals surface area (Å²) in [7, 11) is 0. The quantitative estimate of drug-likeness (QED) is 0.466. The highest BCUT2D eigenvalue weighted by Crippen LogP contribution is 2.26. The lowest BCUT2D eigenvalue weighted by molar-refractivity contribution is 0.122. The molecule has 1 aliphatic rings. The molecule has 2 aromatic carbocycles. The van der Waals surface area contributed by atoms with E-state index in [2.05, 4.69) is 66.7 Å². The minimum atomic E-state index is 0.490. The van der Waals surface area contributed by atoms with Gasteiger partial charge in [-0.1, -0.05) is 12.1 Å². The van der Waals surface area contributed by atoms with E-state index < -0.39 is 0 Å². The number of aryl methyl sites for hydroxylation is 1. The third-order valence-electron chi connectivity index (χ3n) is 5.07. The minimum Gasteiger partial charge on any atom is -0.378 e. The zero-order valence-electron chi connectivity index (χ0n) is 16.7. The Kier molecular flexibility index (Phi) is 4.90. The number of aromatic nitrogens is 4. The van der Waals surface area contributed by atoms with E-state index in [0.29, 0.717) is 17.4 Å². The number of imidazole rings is 1. The zero-order chi connectivity index (χ0) is 20.3. The summed E-state index contributed by atoms with van der Waals surface area (Å²) >= 11 is 0. The van der Waals surface area contributed by atoms with Gasteiger partial charge in [0.2, 0.25) is 5.95 Å². The van der Waals surface area contributed by atoms with Crippen LogP contribution in [0.3, 0.4) is 0 Å². The molecule has 3 heterocycles. The van der Waals surface area contributed by atoms with Crippen molar-refractivity contribution in [2.24, 2.45) is 0 Å². The molecule has 1 aliphatic heterocycles. The molecule has 5 rings (SSSR count). The molecule has 1 saturated heterocycles. The fraction of sp³-hybridized carbons (Fsp3) is 0.227. The molecule has 8 heteroatoms. The Bertz CT molecular complexity index is 1150. The van der Waals surface area contributed by atoms with Gasteiger partial charge in [-0.15, -0.1) is 0 Å². The van der Waals surface area contributed by atoms with Crippen LogP contribution < -0.4 is 15.5 Å². The topological polar surface area (TPSA) is 91.0 Å². The zero-order valence-corrected chi connectivity index (χ0v) is 16.7. The van der Waals surface area contributed by atoms with Gasteiger partial charge in [-0.05, 0) is 48.9 Å².